The van der Waals surface area contributed by atoms with Gasteiger partial charge in [-0.3, -0.25) is 14.4 Å². The summed E-state index contributed by atoms with van der Waals surface area (Å²) in [5, 5.41) is 7.12. The minimum absolute atomic E-state index is 0. The number of carbonyl (C=O) groups is 3. The smallest absolute Gasteiger partial charge is 0.262 e. The van der Waals surface area contributed by atoms with Gasteiger partial charge in [-0.25, -0.2) is 13.1 Å². The molecule has 2 saturated heterocycles. The summed E-state index contributed by atoms with van der Waals surface area (Å²) in [6.07, 6.45) is 0. The van der Waals surface area contributed by atoms with Crippen LogP contribution in [0.4, 0.5) is 0 Å². The van der Waals surface area contributed by atoms with E-state index in [0.29, 0.717) is 18.0 Å². The number of hydrogen-bond acceptors (Lipinski definition) is 7. The number of hydrogen-bond donors (Lipinski definition) is 2. The van der Waals surface area contributed by atoms with Gasteiger partial charge in [0.2, 0.25) is 21.8 Å². The SMILES string of the molecule is CC(C)(C)C(NC(=O)c1cc2ccccc2s1)C(=O)N1C[C@H]2N(C(=O)CNS(=O)(=O)c3ccsc3)CC21C.[HH].[HH].[HH]. The first kappa shape index (κ1) is 26.8. The van der Waals surface area contributed by atoms with Crippen molar-refractivity contribution in [3.05, 3.63) is 52.0 Å². The van der Waals surface area contributed by atoms with E-state index in [1.54, 1.807) is 15.2 Å². The van der Waals surface area contributed by atoms with Crippen molar-refractivity contribution >= 4 is 60.5 Å². The number of nitrogens with zero attached hydrogens (tertiary/aromatic N) is 2. The fourth-order valence-corrected chi connectivity index (χ4v) is 8.03. The molecule has 0 radical (unpaired) electrons. The highest BCUT2D eigenvalue weighted by Crippen LogP contribution is 2.45. The van der Waals surface area contributed by atoms with Gasteiger partial charge < -0.3 is 15.1 Å². The summed E-state index contributed by atoms with van der Waals surface area (Å²) in [4.78, 5) is 43.6. The average Bonchev–Trinajstić information content (AvgIpc) is 3.54. The summed E-state index contributed by atoms with van der Waals surface area (Å²) in [6.45, 7) is 7.97. The van der Waals surface area contributed by atoms with E-state index < -0.39 is 27.0 Å². The van der Waals surface area contributed by atoms with Crippen LogP contribution in [0.3, 0.4) is 0 Å². The molecule has 0 aliphatic carbocycles. The van der Waals surface area contributed by atoms with E-state index in [9.17, 15) is 22.8 Å². The van der Waals surface area contributed by atoms with Crippen molar-refractivity contribution < 1.29 is 27.1 Å². The van der Waals surface area contributed by atoms with Crippen LogP contribution in [0.15, 0.2) is 52.1 Å². The van der Waals surface area contributed by atoms with Gasteiger partial charge in [0.05, 0.1) is 27.9 Å². The van der Waals surface area contributed by atoms with Crippen LogP contribution in [0.25, 0.3) is 10.1 Å². The molecule has 2 fully saturated rings. The van der Waals surface area contributed by atoms with Crippen LogP contribution in [0.1, 0.15) is 41.6 Å². The topological polar surface area (TPSA) is 116 Å². The van der Waals surface area contributed by atoms with E-state index in [1.165, 1.54) is 34.1 Å². The lowest BCUT2D eigenvalue weighted by molar-refractivity contribution is -0.206. The molecule has 2 aromatic heterocycles. The third-order valence-electron chi connectivity index (χ3n) is 7.40. The lowest BCUT2D eigenvalue weighted by Crippen LogP contribution is -2.89. The van der Waals surface area contributed by atoms with E-state index in [4.69, 9.17) is 0 Å². The summed E-state index contributed by atoms with van der Waals surface area (Å²) in [5.74, 6) is -0.801. The molecule has 0 bridgehead atoms. The predicted molar refractivity (Wildman–Crippen MR) is 154 cm³/mol. The van der Waals surface area contributed by atoms with Gasteiger partial charge in [0.1, 0.15) is 6.04 Å². The fourth-order valence-electron chi connectivity index (χ4n) is 5.06. The Bertz CT molecular complexity index is 1490. The molecule has 2 unspecified atom stereocenters. The summed E-state index contributed by atoms with van der Waals surface area (Å²) >= 11 is 2.65. The Hall–Kier alpha value is -2.80. The molecule has 0 saturated carbocycles. The Morgan fingerprint density at radius 2 is 1.95 bits per heavy atom. The van der Waals surface area contributed by atoms with Crippen molar-refractivity contribution in [3.63, 3.8) is 0 Å². The zero-order chi connectivity index (χ0) is 27.5. The van der Waals surface area contributed by atoms with Crippen molar-refractivity contribution in [2.75, 3.05) is 19.6 Å². The lowest BCUT2D eigenvalue weighted by Gasteiger charge is -2.69. The van der Waals surface area contributed by atoms with E-state index >= 15 is 0 Å². The number of piperazine rings is 1. The van der Waals surface area contributed by atoms with Gasteiger partial charge in [0.25, 0.3) is 5.91 Å². The van der Waals surface area contributed by atoms with Crippen LogP contribution < -0.4 is 10.0 Å². The van der Waals surface area contributed by atoms with Crippen molar-refractivity contribution in [1.29, 1.82) is 0 Å². The van der Waals surface area contributed by atoms with Crippen molar-refractivity contribution in [2.24, 2.45) is 5.41 Å². The quantitative estimate of drug-likeness (QED) is 0.443. The number of benzene rings is 1. The standard InChI is InChI=1S/C26H30N4O5S3.3H2/c1-25(2,3)22(28-23(32)19-11-16-7-5-6-8-18(16)37-19)24(33)30-13-20-26(30,4)15-29(20)21(31)12-27-38(34,35)17-9-10-36-14-17;;;/h5-11,14,20,22,27H,12-13,15H2,1-4H3,(H,28,32);3*1H/t20-,22?,26?;;;/m1.../s1. The minimum Gasteiger partial charge on any atom is -0.339 e. The van der Waals surface area contributed by atoms with Gasteiger partial charge in [-0.15, -0.1) is 11.3 Å². The molecule has 4 heterocycles. The first-order valence-corrected chi connectivity index (χ1v) is 15.5. The second-order valence-corrected chi connectivity index (χ2v) is 14.7. The Labute approximate surface area is 234 Å². The fraction of sp³-hybridized carbons (Fsp3) is 0.423. The molecular formula is C26H36N4O5S3. The van der Waals surface area contributed by atoms with Gasteiger partial charge in [0, 0.05) is 27.4 Å². The average molecular weight is 581 g/mol. The first-order chi connectivity index (χ1) is 17.8. The zero-order valence-corrected chi connectivity index (χ0v) is 24.0. The third kappa shape index (κ3) is 4.63. The van der Waals surface area contributed by atoms with Crippen LogP contribution in [-0.4, -0.2) is 73.2 Å². The predicted octanol–water partition coefficient (Wildman–Crippen LogP) is 3.64. The molecule has 9 nitrogen and oxygen atoms in total. The number of sulfonamides is 1. The van der Waals surface area contributed by atoms with Crippen molar-refractivity contribution in [2.45, 2.75) is 50.2 Å². The van der Waals surface area contributed by atoms with Gasteiger partial charge in [-0.05, 0) is 41.3 Å². The Balaban J connectivity index is 0.00000196. The van der Waals surface area contributed by atoms with Gasteiger partial charge in [-0.2, -0.15) is 11.3 Å². The molecule has 2 aliphatic heterocycles. The maximum absolute atomic E-state index is 13.7. The third-order valence-corrected chi connectivity index (χ3v) is 10.7. The molecular weight excluding hydrogens is 545 g/mol. The number of fused-ring (bicyclic) bond motifs is 2. The molecule has 1 aromatic carbocycles. The van der Waals surface area contributed by atoms with Crippen LogP contribution in [0.2, 0.25) is 0 Å². The van der Waals surface area contributed by atoms with Crippen LogP contribution in [0, 0.1) is 5.41 Å². The van der Waals surface area contributed by atoms with Crippen molar-refractivity contribution in [1.82, 2.24) is 19.8 Å². The molecule has 0 spiro atoms. The molecule has 12 heteroatoms. The van der Waals surface area contributed by atoms with Crippen LogP contribution >= 0.6 is 22.7 Å². The number of nitrogens with one attached hydrogen (secondary N) is 2. The highest BCUT2D eigenvalue weighted by Gasteiger charge is 2.65. The number of carbonyl (C=O) groups excluding carboxylic acids is 3. The molecule has 3 aromatic rings. The largest absolute Gasteiger partial charge is 0.339 e. The number of likely N-dealkylation sites (tertiary alicyclic amines) is 2. The Kier molecular flexibility index (Phi) is 6.65. The van der Waals surface area contributed by atoms with Crippen LogP contribution in [0.5, 0.6) is 0 Å². The summed E-state index contributed by atoms with van der Waals surface area (Å²) in [7, 11) is -3.74. The molecule has 3 amide bonds. The number of rotatable bonds is 7. The molecule has 38 heavy (non-hydrogen) atoms. The van der Waals surface area contributed by atoms with E-state index in [1.807, 2.05) is 58.0 Å². The van der Waals surface area contributed by atoms with Crippen molar-refractivity contribution in [3.8, 4) is 0 Å². The second-order valence-electron chi connectivity index (χ2n) is 11.0. The lowest BCUT2D eigenvalue weighted by atomic mass is 9.70. The first-order valence-electron chi connectivity index (χ1n) is 12.2. The minimum atomic E-state index is -3.74. The second kappa shape index (κ2) is 9.44. The van der Waals surface area contributed by atoms with E-state index in [-0.39, 0.29) is 39.5 Å². The zero-order valence-electron chi connectivity index (χ0n) is 21.6. The molecule has 2 N–H and O–H groups in total. The monoisotopic (exact) mass is 580 g/mol. The molecule has 208 valence electrons. The number of thiophene rings is 2. The summed E-state index contributed by atoms with van der Waals surface area (Å²) < 4.78 is 28.0. The summed E-state index contributed by atoms with van der Waals surface area (Å²) in [6, 6.07) is 10.1. The van der Waals surface area contributed by atoms with Crippen LogP contribution in [-0.2, 0) is 19.6 Å². The maximum Gasteiger partial charge on any atom is 0.262 e. The Morgan fingerprint density at radius 3 is 2.55 bits per heavy atom. The maximum atomic E-state index is 13.7. The van der Waals surface area contributed by atoms with Gasteiger partial charge in [0.15, 0.2) is 0 Å². The molecule has 3 atom stereocenters. The number of amides is 3. The van der Waals surface area contributed by atoms with Gasteiger partial charge >= 0.3 is 0 Å². The summed E-state index contributed by atoms with van der Waals surface area (Å²) in [5.41, 5.74) is -1.09. The highest BCUT2D eigenvalue weighted by atomic mass is 32.2. The Morgan fingerprint density at radius 1 is 1.21 bits per heavy atom. The van der Waals surface area contributed by atoms with E-state index in [2.05, 4.69) is 10.0 Å². The highest BCUT2D eigenvalue weighted by molar-refractivity contribution is 7.89. The van der Waals surface area contributed by atoms with Gasteiger partial charge in [-0.1, -0.05) is 39.0 Å². The normalized spacial score (nSPS) is 21.8. The van der Waals surface area contributed by atoms with E-state index in [0.717, 1.165) is 10.1 Å². The molecule has 5 rings (SSSR count). The molecule has 2 aliphatic rings.